The van der Waals surface area contributed by atoms with Gasteiger partial charge in [-0.25, -0.2) is 9.97 Å². The second kappa shape index (κ2) is 5.77. The highest BCUT2D eigenvalue weighted by molar-refractivity contribution is 5.97. The minimum absolute atomic E-state index is 0.0438. The van der Waals surface area contributed by atoms with Crippen LogP contribution in [0, 0.1) is 5.41 Å². The fraction of sp³-hybridized carbons (Fsp3) is 0.583. The number of nitrogens with one attached hydrogen (secondary N) is 1. The van der Waals surface area contributed by atoms with Crippen LogP contribution in [-0.2, 0) is 0 Å². The number of nitrogens with two attached hydrogens (primary N) is 1. The summed E-state index contributed by atoms with van der Waals surface area (Å²) in [5, 5.41) is 17.1. The minimum Gasteiger partial charge on any atom is -0.394 e. The van der Waals surface area contributed by atoms with Crippen molar-refractivity contribution in [1.29, 1.82) is 5.41 Å². The van der Waals surface area contributed by atoms with Crippen LogP contribution in [0.15, 0.2) is 12.4 Å². The summed E-state index contributed by atoms with van der Waals surface area (Å²) in [6, 6.07) is 0.0438. The quantitative estimate of drug-likeness (QED) is 0.535. The number of aliphatic hydroxyl groups is 1. The number of amidine groups is 1. The van der Waals surface area contributed by atoms with Gasteiger partial charge < -0.3 is 15.7 Å². The van der Waals surface area contributed by atoms with Crippen molar-refractivity contribution in [2.45, 2.75) is 31.7 Å². The lowest BCUT2D eigenvalue weighted by Gasteiger charge is -2.30. The molecule has 1 aromatic heterocycles. The smallest absolute Gasteiger partial charge is 0.158 e. The summed E-state index contributed by atoms with van der Waals surface area (Å²) in [7, 11) is 0. The van der Waals surface area contributed by atoms with Crippen molar-refractivity contribution in [2.24, 2.45) is 5.73 Å². The predicted octanol–water partition coefficient (Wildman–Crippen LogP) is 0.502. The molecule has 1 aromatic rings. The molecule has 1 saturated heterocycles. The van der Waals surface area contributed by atoms with Gasteiger partial charge in [0.05, 0.1) is 12.6 Å². The van der Waals surface area contributed by atoms with Crippen LogP contribution < -0.4 is 10.6 Å². The van der Waals surface area contributed by atoms with E-state index in [1.165, 1.54) is 6.20 Å². The molecule has 0 aliphatic carbocycles. The predicted molar refractivity (Wildman–Crippen MR) is 69.7 cm³/mol. The first-order valence-corrected chi connectivity index (χ1v) is 6.27. The van der Waals surface area contributed by atoms with E-state index in [-0.39, 0.29) is 18.5 Å². The van der Waals surface area contributed by atoms with Crippen LogP contribution in [0.1, 0.15) is 31.4 Å². The lowest BCUT2D eigenvalue weighted by molar-refractivity contribution is 0.254. The topological polar surface area (TPSA) is 99.1 Å². The number of hydrogen-bond donors (Lipinski definition) is 3. The van der Waals surface area contributed by atoms with E-state index in [1.807, 2.05) is 4.90 Å². The lowest BCUT2D eigenvalue weighted by atomic mass is 10.1. The van der Waals surface area contributed by atoms with Gasteiger partial charge in [-0.1, -0.05) is 12.8 Å². The molecule has 18 heavy (non-hydrogen) atoms. The van der Waals surface area contributed by atoms with E-state index in [0.717, 1.165) is 32.2 Å². The monoisotopic (exact) mass is 249 g/mol. The van der Waals surface area contributed by atoms with E-state index in [4.69, 9.17) is 11.1 Å². The van der Waals surface area contributed by atoms with Gasteiger partial charge in [-0.15, -0.1) is 0 Å². The molecule has 1 unspecified atom stereocenters. The number of aromatic nitrogens is 2. The summed E-state index contributed by atoms with van der Waals surface area (Å²) in [6.07, 6.45) is 7.39. The number of nitrogen functional groups attached to an aromatic ring is 1. The molecular formula is C12H19N5O. The Morgan fingerprint density at radius 3 is 2.89 bits per heavy atom. The summed E-state index contributed by atoms with van der Waals surface area (Å²) < 4.78 is 0. The average Bonchev–Trinajstić information content (AvgIpc) is 2.63. The van der Waals surface area contributed by atoms with Crippen LogP contribution in [0.25, 0.3) is 0 Å². The van der Waals surface area contributed by atoms with E-state index in [0.29, 0.717) is 11.5 Å². The van der Waals surface area contributed by atoms with Gasteiger partial charge in [0, 0.05) is 18.9 Å². The van der Waals surface area contributed by atoms with Crippen LogP contribution >= 0.6 is 0 Å². The Morgan fingerprint density at radius 2 is 2.17 bits per heavy atom. The molecule has 0 spiro atoms. The number of aliphatic hydroxyl groups excluding tert-OH is 1. The maximum absolute atomic E-state index is 9.50. The Balaban J connectivity index is 2.35. The van der Waals surface area contributed by atoms with E-state index >= 15 is 0 Å². The zero-order valence-electron chi connectivity index (χ0n) is 10.3. The first-order chi connectivity index (χ1) is 8.74. The van der Waals surface area contributed by atoms with Gasteiger partial charge >= 0.3 is 0 Å². The zero-order valence-corrected chi connectivity index (χ0v) is 10.3. The fourth-order valence-electron chi connectivity index (χ4n) is 2.38. The Bertz CT molecular complexity index is 423. The molecule has 2 heterocycles. The number of rotatable bonds is 3. The third kappa shape index (κ3) is 2.59. The van der Waals surface area contributed by atoms with Crippen molar-refractivity contribution in [3.8, 4) is 0 Å². The summed E-state index contributed by atoms with van der Waals surface area (Å²) in [5.41, 5.74) is 5.94. The highest BCUT2D eigenvalue weighted by Crippen LogP contribution is 2.24. The molecule has 1 fully saturated rings. The Hall–Kier alpha value is -1.69. The molecule has 0 amide bonds. The summed E-state index contributed by atoms with van der Waals surface area (Å²) in [4.78, 5) is 10.5. The molecule has 0 aromatic carbocycles. The van der Waals surface area contributed by atoms with Crippen molar-refractivity contribution in [2.75, 3.05) is 18.1 Å². The molecule has 6 heteroatoms. The van der Waals surface area contributed by atoms with Gasteiger partial charge in [-0.2, -0.15) is 0 Å². The molecule has 6 nitrogen and oxygen atoms in total. The van der Waals surface area contributed by atoms with Crippen molar-refractivity contribution in [3.63, 3.8) is 0 Å². The second-order valence-corrected chi connectivity index (χ2v) is 4.52. The standard InChI is InChI=1S/C12H19N5O/c13-11(14)10-12(16-6-5-15-10)17-7-3-1-2-4-9(17)8-18/h5-6,9,18H,1-4,7-8H2,(H3,13,14). The normalized spacial score (nSPS) is 20.5. The van der Waals surface area contributed by atoms with E-state index in [2.05, 4.69) is 9.97 Å². The molecule has 0 saturated carbocycles. The van der Waals surface area contributed by atoms with Gasteiger partial charge in [0.1, 0.15) is 11.5 Å². The van der Waals surface area contributed by atoms with E-state index in [1.54, 1.807) is 6.20 Å². The van der Waals surface area contributed by atoms with Crippen LogP contribution in [0.5, 0.6) is 0 Å². The largest absolute Gasteiger partial charge is 0.394 e. The summed E-state index contributed by atoms with van der Waals surface area (Å²) in [5.74, 6) is 0.532. The molecule has 4 N–H and O–H groups in total. The molecule has 98 valence electrons. The molecule has 1 atom stereocenters. The third-order valence-corrected chi connectivity index (χ3v) is 3.29. The van der Waals surface area contributed by atoms with Gasteiger partial charge in [-0.05, 0) is 12.8 Å². The summed E-state index contributed by atoms with van der Waals surface area (Å²) in [6.45, 7) is 0.915. The minimum atomic E-state index is -0.0842. The van der Waals surface area contributed by atoms with Crippen LogP contribution in [-0.4, -0.2) is 40.1 Å². The Kier molecular flexibility index (Phi) is 4.09. The highest BCUT2D eigenvalue weighted by Gasteiger charge is 2.24. The first-order valence-electron chi connectivity index (χ1n) is 6.27. The van der Waals surface area contributed by atoms with Crippen molar-refractivity contribution in [1.82, 2.24) is 9.97 Å². The van der Waals surface area contributed by atoms with Crippen molar-refractivity contribution < 1.29 is 5.11 Å². The number of nitrogens with zero attached hydrogens (tertiary/aromatic N) is 3. The highest BCUT2D eigenvalue weighted by atomic mass is 16.3. The molecule has 2 rings (SSSR count). The average molecular weight is 249 g/mol. The van der Waals surface area contributed by atoms with Crippen LogP contribution in [0.3, 0.4) is 0 Å². The van der Waals surface area contributed by atoms with Crippen LogP contribution in [0.2, 0.25) is 0 Å². The molecule has 0 bridgehead atoms. The molecule has 1 aliphatic rings. The van der Waals surface area contributed by atoms with Gasteiger partial charge in [0.25, 0.3) is 0 Å². The first kappa shape index (κ1) is 12.8. The fourth-order valence-corrected chi connectivity index (χ4v) is 2.38. The number of anilines is 1. The van der Waals surface area contributed by atoms with Gasteiger partial charge in [0.2, 0.25) is 0 Å². The van der Waals surface area contributed by atoms with E-state index < -0.39 is 0 Å². The van der Waals surface area contributed by atoms with Gasteiger partial charge in [-0.3, -0.25) is 5.41 Å². The number of hydrogen-bond acceptors (Lipinski definition) is 5. The molecule has 0 radical (unpaired) electrons. The lowest BCUT2D eigenvalue weighted by Crippen LogP contribution is -2.39. The van der Waals surface area contributed by atoms with Crippen molar-refractivity contribution in [3.05, 3.63) is 18.1 Å². The Labute approximate surface area is 106 Å². The molecule has 1 aliphatic heterocycles. The zero-order chi connectivity index (χ0) is 13.0. The maximum Gasteiger partial charge on any atom is 0.158 e. The van der Waals surface area contributed by atoms with Gasteiger partial charge in [0.15, 0.2) is 5.82 Å². The SMILES string of the molecule is N=C(N)c1nccnc1N1CCCCCC1CO. The third-order valence-electron chi connectivity index (χ3n) is 3.29. The van der Waals surface area contributed by atoms with Crippen molar-refractivity contribution >= 4 is 11.7 Å². The van der Waals surface area contributed by atoms with E-state index in [9.17, 15) is 5.11 Å². The summed E-state index contributed by atoms with van der Waals surface area (Å²) >= 11 is 0. The van der Waals surface area contributed by atoms with Crippen LogP contribution in [0.4, 0.5) is 5.82 Å². The second-order valence-electron chi connectivity index (χ2n) is 4.52. The Morgan fingerprint density at radius 1 is 1.39 bits per heavy atom. The maximum atomic E-state index is 9.50. The molecular weight excluding hydrogens is 230 g/mol.